The Balaban J connectivity index is 1.71. The van der Waals surface area contributed by atoms with Crippen molar-refractivity contribution in [2.75, 3.05) is 11.9 Å². The number of hydrogen-bond acceptors (Lipinski definition) is 4. The third-order valence-electron chi connectivity index (χ3n) is 3.05. The molecule has 7 heteroatoms. The van der Waals surface area contributed by atoms with E-state index in [1.165, 1.54) is 18.2 Å². The Hall–Kier alpha value is -1.89. The number of anilines is 1. The molecule has 5 nitrogen and oxygen atoms in total. The van der Waals surface area contributed by atoms with E-state index in [1.54, 1.807) is 0 Å². The van der Waals surface area contributed by atoms with Crippen LogP contribution in [0.4, 0.5) is 14.5 Å². The minimum Gasteiger partial charge on any atom is -0.395 e. The summed E-state index contributed by atoms with van der Waals surface area (Å²) < 4.78 is 34.3. The molecule has 0 radical (unpaired) electrons. The average molecular weight is 270 g/mol. The molecule has 0 aliphatic carbocycles. The van der Waals surface area contributed by atoms with Crippen molar-refractivity contribution in [1.29, 1.82) is 0 Å². The first kappa shape index (κ1) is 12.2. The predicted molar refractivity (Wildman–Crippen MR) is 62.3 cm³/mol. The van der Waals surface area contributed by atoms with Crippen LogP contribution in [0.1, 0.15) is 12.8 Å². The number of halogens is 2. The summed E-state index contributed by atoms with van der Waals surface area (Å²) in [7, 11) is 0. The van der Waals surface area contributed by atoms with E-state index < -0.39 is 6.29 Å². The van der Waals surface area contributed by atoms with Crippen LogP contribution >= 0.6 is 0 Å². The van der Waals surface area contributed by atoms with Crippen LogP contribution in [0.25, 0.3) is 0 Å². The molecule has 2 heterocycles. The second kappa shape index (κ2) is 4.34. The Kier molecular flexibility index (Phi) is 2.78. The van der Waals surface area contributed by atoms with Crippen molar-refractivity contribution in [1.82, 2.24) is 5.32 Å². The predicted octanol–water partition coefficient (Wildman–Crippen LogP) is 1.70. The van der Waals surface area contributed by atoms with E-state index in [0.29, 0.717) is 5.69 Å². The summed E-state index contributed by atoms with van der Waals surface area (Å²) in [5, 5.41) is 5.71. The van der Waals surface area contributed by atoms with Gasteiger partial charge in [0, 0.05) is 11.8 Å². The number of rotatable bonds is 2. The second-order valence-electron chi connectivity index (χ2n) is 4.47. The number of carbonyl (C=O) groups is 1. The molecule has 0 spiro atoms. The fourth-order valence-electron chi connectivity index (χ4n) is 2.16. The molecule has 102 valence electrons. The Morgan fingerprint density at radius 1 is 1.37 bits per heavy atom. The van der Waals surface area contributed by atoms with Gasteiger partial charge < -0.3 is 20.1 Å². The van der Waals surface area contributed by atoms with E-state index in [1.807, 2.05) is 0 Å². The highest BCUT2D eigenvalue weighted by atomic mass is 19.3. The van der Waals surface area contributed by atoms with Gasteiger partial charge in [0.05, 0.1) is 6.04 Å². The maximum absolute atomic E-state index is 12.8. The molecule has 0 bridgehead atoms. The van der Waals surface area contributed by atoms with Gasteiger partial charge in [-0.2, -0.15) is 0 Å². The lowest BCUT2D eigenvalue weighted by Crippen LogP contribution is -2.35. The monoisotopic (exact) mass is 270 g/mol. The molecule has 0 aromatic heterocycles. The largest absolute Gasteiger partial charge is 0.586 e. The van der Waals surface area contributed by atoms with Crippen LogP contribution in [0.2, 0.25) is 0 Å². The summed E-state index contributed by atoms with van der Waals surface area (Å²) in [5.41, 5.74) is 0.402. The molecule has 1 amide bonds. The van der Waals surface area contributed by atoms with Crippen molar-refractivity contribution >= 4 is 11.6 Å². The molecule has 3 rings (SSSR count). The summed E-state index contributed by atoms with van der Waals surface area (Å²) in [4.78, 5) is 11.8. The van der Waals surface area contributed by atoms with Gasteiger partial charge in [0.2, 0.25) is 5.91 Å². The van der Waals surface area contributed by atoms with Crippen molar-refractivity contribution in [2.24, 2.45) is 0 Å². The maximum atomic E-state index is 12.8. The number of fused-ring (bicyclic) bond motifs is 1. The lowest BCUT2D eigenvalue weighted by molar-refractivity contribution is -0.286. The summed E-state index contributed by atoms with van der Waals surface area (Å²) in [6, 6.07) is 3.93. The number of hydrogen-bond donors (Lipinski definition) is 2. The minimum absolute atomic E-state index is 0.0398. The number of nitrogens with one attached hydrogen (secondary N) is 2. The normalized spacial score (nSPS) is 23.4. The quantitative estimate of drug-likeness (QED) is 0.858. The number of amides is 1. The molecule has 1 saturated heterocycles. The zero-order valence-electron chi connectivity index (χ0n) is 9.91. The lowest BCUT2D eigenvalue weighted by Gasteiger charge is -2.11. The first-order valence-corrected chi connectivity index (χ1v) is 5.98. The van der Waals surface area contributed by atoms with Crippen LogP contribution in [0.5, 0.6) is 11.5 Å². The van der Waals surface area contributed by atoms with Crippen LogP contribution < -0.4 is 20.1 Å². The van der Waals surface area contributed by atoms with Crippen LogP contribution in [-0.4, -0.2) is 24.8 Å². The molecular formula is C12H12F2N2O3. The fraction of sp³-hybridized carbons (Fsp3) is 0.417. The first-order chi connectivity index (χ1) is 9.03. The molecule has 19 heavy (non-hydrogen) atoms. The van der Waals surface area contributed by atoms with Crippen LogP contribution in [0, 0.1) is 0 Å². The van der Waals surface area contributed by atoms with Gasteiger partial charge in [-0.15, -0.1) is 8.78 Å². The molecule has 1 atom stereocenters. The molecule has 1 aromatic rings. The second-order valence-corrected chi connectivity index (χ2v) is 4.47. The van der Waals surface area contributed by atoms with Gasteiger partial charge in [-0.1, -0.05) is 0 Å². The summed E-state index contributed by atoms with van der Waals surface area (Å²) in [6.45, 7) is 0.811. The SMILES string of the molecule is O=C(Nc1ccc2c(c1)OC(F)(F)O2)[C@@H]1CCCN1. The van der Waals surface area contributed by atoms with Gasteiger partial charge in [-0.25, -0.2) is 0 Å². The third-order valence-corrected chi connectivity index (χ3v) is 3.05. The number of alkyl halides is 2. The van der Waals surface area contributed by atoms with Crippen molar-refractivity contribution in [2.45, 2.75) is 25.2 Å². The highest BCUT2D eigenvalue weighted by molar-refractivity contribution is 5.95. The molecule has 1 aromatic carbocycles. The maximum Gasteiger partial charge on any atom is 0.586 e. The van der Waals surface area contributed by atoms with Crippen LogP contribution in [-0.2, 0) is 4.79 Å². The Morgan fingerprint density at radius 2 is 2.16 bits per heavy atom. The van der Waals surface area contributed by atoms with E-state index in [9.17, 15) is 13.6 Å². The van der Waals surface area contributed by atoms with Crippen molar-refractivity contribution in [3.05, 3.63) is 18.2 Å². The third kappa shape index (κ3) is 2.46. The Bertz CT molecular complexity index is 516. The Labute approximate surface area is 107 Å². The molecule has 2 aliphatic rings. The highest BCUT2D eigenvalue weighted by Gasteiger charge is 2.43. The van der Waals surface area contributed by atoms with E-state index in [0.717, 1.165) is 19.4 Å². The smallest absolute Gasteiger partial charge is 0.395 e. The van der Waals surface area contributed by atoms with E-state index in [4.69, 9.17) is 0 Å². The number of ether oxygens (including phenoxy) is 2. The molecular weight excluding hydrogens is 258 g/mol. The van der Waals surface area contributed by atoms with Crippen LogP contribution in [0.3, 0.4) is 0 Å². The van der Waals surface area contributed by atoms with E-state index in [-0.39, 0.29) is 23.4 Å². The van der Waals surface area contributed by atoms with Gasteiger partial charge in [-0.3, -0.25) is 4.79 Å². The van der Waals surface area contributed by atoms with Gasteiger partial charge in [-0.05, 0) is 31.5 Å². The van der Waals surface area contributed by atoms with Crippen molar-refractivity contribution in [3.8, 4) is 11.5 Å². The number of benzene rings is 1. The van der Waals surface area contributed by atoms with Crippen molar-refractivity contribution in [3.63, 3.8) is 0 Å². The lowest BCUT2D eigenvalue weighted by atomic mass is 10.2. The highest BCUT2D eigenvalue weighted by Crippen LogP contribution is 2.42. The molecule has 2 N–H and O–H groups in total. The van der Waals surface area contributed by atoms with Gasteiger partial charge in [0.15, 0.2) is 11.5 Å². The minimum atomic E-state index is -3.64. The van der Waals surface area contributed by atoms with Crippen LogP contribution in [0.15, 0.2) is 18.2 Å². The van der Waals surface area contributed by atoms with E-state index in [2.05, 4.69) is 20.1 Å². The Morgan fingerprint density at radius 3 is 2.89 bits per heavy atom. The van der Waals surface area contributed by atoms with Crippen molar-refractivity contribution < 1.29 is 23.0 Å². The summed E-state index contributed by atoms with van der Waals surface area (Å²) in [6.07, 6.45) is -1.92. The zero-order valence-corrected chi connectivity index (χ0v) is 9.91. The van der Waals surface area contributed by atoms with Gasteiger partial charge in [0.25, 0.3) is 0 Å². The molecule has 0 saturated carbocycles. The molecule has 1 fully saturated rings. The summed E-state index contributed by atoms with van der Waals surface area (Å²) >= 11 is 0. The van der Waals surface area contributed by atoms with Gasteiger partial charge >= 0.3 is 6.29 Å². The summed E-state index contributed by atoms with van der Waals surface area (Å²) in [5.74, 6) is -0.299. The van der Waals surface area contributed by atoms with Gasteiger partial charge in [0.1, 0.15) is 0 Å². The molecule has 2 aliphatic heterocycles. The number of carbonyl (C=O) groups excluding carboxylic acids is 1. The van der Waals surface area contributed by atoms with E-state index >= 15 is 0 Å². The first-order valence-electron chi connectivity index (χ1n) is 5.98. The topological polar surface area (TPSA) is 59.6 Å². The standard InChI is InChI=1S/C12H12F2N2O3/c13-12(14)18-9-4-3-7(6-10(9)19-12)16-11(17)8-2-1-5-15-8/h3-4,6,8,15H,1-2,5H2,(H,16,17)/t8-/m0/s1. The zero-order chi connectivity index (χ0) is 13.5. The molecule has 0 unspecified atom stereocenters. The average Bonchev–Trinajstić information content (AvgIpc) is 2.93. The fourth-order valence-corrected chi connectivity index (χ4v) is 2.16.